The van der Waals surface area contributed by atoms with E-state index in [0.29, 0.717) is 71.7 Å². The lowest BCUT2D eigenvalue weighted by molar-refractivity contribution is -0.128. The van der Waals surface area contributed by atoms with Crippen LogP contribution in [0.4, 0.5) is 17.1 Å². The minimum absolute atomic E-state index is 0.217. The number of carbonyl (C=O) groups excluding carboxylic acids is 2. The SMILES string of the molecule is CCOc1cc2c(cc1OCC)C(=C(Nc1ccc(N(CC(=O)N3CCCC3)S(C)(=O)=O)cc1)c1ccccc1)C(=O)N2. The maximum atomic E-state index is 13.4. The summed E-state index contributed by atoms with van der Waals surface area (Å²) in [6.07, 6.45) is 2.94. The third-order valence-electron chi connectivity index (χ3n) is 7.30. The molecular weight excluding hydrogens is 568 g/mol. The van der Waals surface area contributed by atoms with Gasteiger partial charge in [-0.2, -0.15) is 0 Å². The second-order valence-corrected chi connectivity index (χ2v) is 12.2. The van der Waals surface area contributed by atoms with Crippen molar-refractivity contribution in [2.45, 2.75) is 26.7 Å². The zero-order valence-electron chi connectivity index (χ0n) is 24.6. The van der Waals surface area contributed by atoms with Crippen molar-refractivity contribution in [1.29, 1.82) is 0 Å². The molecule has 0 aliphatic carbocycles. The Morgan fingerprint density at radius 1 is 0.953 bits per heavy atom. The van der Waals surface area contributed by atoms with Gasteiger partial charge in [0.1, 0.15) is 6.54 Å². The van der Waals surface area contributed by atoms with E-state index >= 15 is 0 Å². The number of rotatable bonds is 11. The number of carbonyl (C=O) groups is 2. The highest BCUT2D eigenvalue weighted by Crippen LogP contribution is 2.43. The lowest BCUT2D eigenvalue weighted by Gasteiger charge is -2.25. The van der Waals surface area contributed by atoms with E-state index in [-0.39, 0.29) is 18.4 Å². The quantitative estimate of drug-likeness (QED) is 0.302. The van der Waals surface area contributed by atoms with Gasteiger partial charge < -0.3 is 25.0 Å². The van der Waals surface area contributed by atoms with Crippen molar-refractivity contribution in [2.75, 3.05) is 54.0 Å². The minimum Gasteiger partial charge on any atom is -0.490 e. The molecule has 2 N–H and O–H groups in total. The number of nitrogens with zero attached hydrogens (tertiary/aromatic N) is 2. The average Bonchev–Trinajstić information content (AvgIpc) is 3.63. The van der Waals surface area contributed by atoms with Crippen LogP contribution in [0.3, 0.4) is 0 Å². The molecule has 0 radical (unpaired) electrons. The number of amides is 2. The number of anilines is 3. The Morgan fingerprint density at radius 3 is 2.19 bits per heavy atom. The van der Waals surface area contributed by atoms with Crippen molar-refractivity contribution in [3.05, 3.63) is 77.9 Å². The molecule has 226 valence electrons. The van der Waals surface area contributed by atoms with Gasteiger partial charge in [0.05, 0.1) is 42.1 Å². The Morgan fingerprint density at radius 2 is 1.58 bits per heavy atom. The molecule has 0 atom stereocenters. The van der Waals surface area contributed by atoms with Crippen LogP contribution in [-0.4, -0.2) is 64.2 Å². The van der Waals surface area contributed by atoms with Crippen LogP contribution >= 0.6 is 0 Å². The monoisotopic (exact) mass is 604 g/mol. The van der Waals surface area contributed by atoms with Crippen LogP contribution in [0.15, 0.2) is 66.7 Å². The number of hydrogen-bond donors (Lipinski definition) is 2. The van der Waals surface area contributed by atoms with E-state index in [2.05, 4.69) is 10.6 Å². The highest BCUT2D eigenvalue weighted by Gasteiger charge is 2.31. The van der Waals surface area contributed by atoms with Crippen LogP contribution in [0.25, 0.3) is 11.3 Å². The Bertz CT molecular complexity index is 1630. The van der Waals surface area contributed by atoms with Gasteiger partial charge in [0.25, 0.3) is 5.91 Å². The second-order valence-electron chi connectivity index (χ2n) is 10.3. The predicted octanol–water partition coefficient (Wildman–Crippen LogP) is 4.80. The van der Waals surface area contributed by atoms with E-state index in [1.54, 1.807) is 35.2 Å². The molecule has 10 nitrogen and oxygen atoms in total. The second kappa shape index (κ2) is 12.8. The van der Waals surface area contributed by atoms with Gasteiger partial charge in [-0.1, -0.05) is 30.3 Å². The number of sulfonamides is 1. The van der Waals surface area contributed by atoms with Crippen molar-refractivity contribution < 1.29 is 27.5 Å². The Kier molecular flexibility index (Phi) is 8.91. The topological polar surface area (TPSA) is 117 Å². The van der Waals surface area contributed by atoms with E-state index in [1.807, 2.05) is 50.2 Å². The normalized spacial score (nSPS) is 15.5. The maximum absolute atomic E-state index is 13.4. The van der Waals surface area contributed by atoms with E-state index in [1.165, 1.54) is 0 Å². The molecule has 11 heteroatoms. The fourth-order valence-electron chi connectivity index (χ4n) is 5.29. The molecule has 2 heterocycles. The third-order valence-corrected chi connectivity index (χ3v) is 8.44. The molecule has 1 fully saturated rings. The summed E-state index contributed by atoms with van der Waals surface area (Å²) in [5, 5.41) is 6.35. The summed E-state index contributed by atoms with van der Waals surface area (Å²) in [4.78, 5) is 27.9. The molecule has 0 aromatic heterocycles. The smallest absolute Gasteiger partial charge is 0.258 e. The van der Waals surface area contributed by atoms with Crippen molar-refractivity contribution in [3.63, 3.8) is 0 Å². The van der Waals surface area contributed by atoms with Crippen LogP contribution in [0.5, 0.6) is 11.5 Å². The number of benzene rings is 3. The summed E-state index contributed by atoms with van der Waals surface area (Å²) in [7, 11) is -3.71. The first-order valence-corrected chi connectivity index (χ1v) is 16.2. The molecule has 43 heavy (non-hydrogen) atoms. The summed E-state index contributed by atoms with van der Waals surface area (Å²) in [6.45, 7) is 5.69. The van der Waals surface area contributed by atoms with Crippen LogP contribution < -0.4 is 24.4 Å². The van der Waals surface area contributed by atoms with Crippen molar-refractivity contribution in [2.24, 2.45) is 0 Å². The Labute approximate surface area is 252 Å². The first-order valence-electron chi connectivity index (χ1n) is 14.4. The molecule has 3 aromatic rings. The molecule has 3 aromatic carbocycles. The number of ether oxygens (including phenoxy) is 2. The fourth-order valence-corrected chi connectivity index (χ4v) is 6.14. The molecule has 2 aliphatic rings. The molecule has 2 aliphatic heterocycles. The first-order chi connectivity index (χ1) is 20.7. The molecule has 5 rings (SSSR count). The van der Waals surface area contributed by atoms with Gasteiger partial charge in [-0.25, -0.2) is 8.42 Å². The number of fused-ring (bicyclic) bond motifs is 1. The standard InChI is InChI=1S/C32H36N4O6S/c1-4-41-27-19-25-26(20-28(27)42-5-2)34-32(38)30(25)31(22-11-7-6-8-12-22)33-23-13-15-24(16-14-23)36(43(3,39)40)21-29(37)35-17-9-10-18-35/h6-8,11-16,19-20,33H,4-5,9-10,17-18,21H2,1-3H3,(H,34,38). The fraction of sp³-hybridized carbons (Fsp3) is 0.312. The maximum Gasteiger partial charge on any atom is 0.258 e. The minimum atomic E-state index is -3.71. The molecule has 0 saturated carbocycles. The van der Waals surface area contributed by atoms with Gasteiger partial charge >= 0.3 is 0 Å². The molecule has 0 unspecified atom stereocenters. The van der Waals surface area contributed by atoms with Gasteiger partial charge in [0.2, 0.25) is 15.9 Å². The molecule has 0 spiro atoms. The molecular formula is C32H36N4O6S. The summed E-state index contributed by atoms with van der Waals surface area (Å²) >= 11 is 0. The van der Waals surface area contributed by atoms with E-state index < -0.39 is 10.0 Å². The van der Waals surface area contributed by atoms with E-state index in [9.17, 15) is 18.0 Å². The summed E-state index contributed by atoms with van der Waals surface area (Å²) in [5.74, 6) is 0.593. The highest BCUT2D eigenvalue weighted by molar-refractivity contribution is 7.92. The van der Waals surface area contributed by atoms with Gasteiger partial charge in [-0.05, 0) is 62.6 Å². The van der Waals surface area contributed by atoms with Crippen molar-refractivity contribution >= 4 is 50.2 Å². The molecule has 1 saturated heterocycles. The van der Waals surface area contributed by atoms with Crippen LogP contribution in [0.1, 0.15) is 37.8 Å². The Balaban J connectivity index is 1.51. The van der Waals surface area contributed by atoms with Crippen LogP contribution in [-0.2, 0) is 19.6 Å². The zero-order chi connectivity index (χ0) is 30.6. The van der Waals surface area contributed by atoms with Crippen LogP contribution in [0.2, 0.25) is 0 Å². The van der Waals surface area contributed by atoms with Gasteiger partial charge in [0, 0.05) is 30.4 Å². The number of nitrogens with one attached hydrogen (secondary N) is 2. The Hall–Kier alpha value is -4.51. The number of hydrogen-bond acceptors (Lipinski definition) is 7. The largest absolute Gasteiger partial charge is 0.490 e. The van der Waals surface area contributed by atoms with Crippen molar-refractivity contribution in [1.82, 2.24) is 4.90 Å². The number of likely N-dealkylation sites (tertiary alicyclic amines) is 1. The highest BCUT2D eigenvalue weighted by atomic mass is 32.2. The molecule has 0 bridgehead atoms. The van der Waals surface area contributed by atoms with Gasteiger partial charge in [-0.3, -0.25) is 13.9 Å². The lowest BCUT2D eigenvalue weighted by atomic mass is 9.99. The zero-order valence-corrected chi connectivity index (χ0v) is 25.4. The third kappa shape index (κ3) is 6.61. The van der Waals surface area contributed by atoms with Crippen LogP contribution in [0, 0.1) is 0 Å². The van der Waals surface area contributed by atoms with E-state index in [4.69, 9.17) is 9.47 Å². The molecule has 2 amide bonds. The van der Waals surface area contributed by atoms with Gasteiger partial charge in [-0.15, -0.1) is 0 Å². The van der Waals surface area contributed by atoms with Crippen molar-refractivity contribution in [3.8, 4) is 11.5 Å². The van der Waals surface area contributed by atoms with Gasteiger partial charge in [0.15, 0.2) is 11.5 Å². The van der Waals surface area contributed by atoms with E-state index in [0.717, 1.165) is 29.0 Å². The lowest BCUT2D eigenvalue weighted by Crippen LogP contribution is -2.41. The first kappa shape index (κ1) is 30.0. The predicted molar refractivity (Wildman–Crippen MR) is 169 cm³/mol. The summed E-state index contributed by atoms with van der Waals surface area (Å²) in [5.41, 5.74) is 4.08. The summed E-state index contributed by atoms with van der Waals surface area (Å²) in [6, 6.07) is 19.8. The average molecular weight is 605 g/mol. The summed E-state index contributed by atoms with van der Waals surface area (Å²) < 4.78 is 38.0.